The SMILES string of the molecule is Cc1c(F)c(N2CC[C@H](O)C2)nc2c1c(=O)c(C(=O)O)cn2C1CC1. The molecule has 3 heterocycles. The van der Waals surface area contributed by atoms with E-state index in [0.717, 1.165) is 12.8 Å². The summed E-state index contributed by atoms with van der Waals surface area (Å²) in [6.07, 6.45) is 3.06. The molecular formula is C17H18FN3O4. The number of rotatable bonds is 3. The van der Waals surface area contributed by atoms with E-state index in [0.29, 0.717) is 18.6 Å². The van der Waals surface area contributed by atoms with Crippen LogP contribution in [0.15, 0.2) is 11.0 Å². The maximum atomic E-state index is 14.9. The minimum Gasteiger partial charge on any atom is -0.477 e. The summed E-state index contributed by atoms with van der Waals surface area (Å²) in [4.78, 5) is 30.0. The standard InChI is InChI=1S/C17H18FN3O4/c1-8-12-14(23)11(17(24)25)7-21(9-2-3-9)15(12)19-16(13(8)18)20-5-4-10(22)6-20/h7,9-10,22H,2-6H2,1H3,(H,24,25)/t10-/m0/s1. The zero-order valence-electron chi connectivity index (χ0n) is 13.7. The van der Waals surface area contributed by atoms with E-state index in [9.17, 15) is 24.2 Å². The van der Waals surface area contributed by atoms with Gasteiger partial charge in [0.2, 0.25) is 5.43 Å². The Morgan fingerprint density at radius 3 is 2.64 bits per heavy atom. The number of aryl methyl sites for hydroxylation is 1. The highest BCUT2D eigenvalue weighted by molar-refractivity contribution is 5.93. The van der Waals surface area contributed by atoms with E-state index in [2.05, 4.69) is 4.98 Å². The smallest absolute Gasteiger partial charge is 0.341 e. The van der Waals surface area contributed by atoms with Gasteiger partial charge >= 0.3 is 5.97 Å². The average Bonchev–Trinajstić information content (AvgIpc) is 3.31. The molecule has 4 rings (SSSR count). The van der Waals surface area contributed by atoms with E-state index in [1.165, 1.54) is 13.1 Å². The number of carboxylic acid groups (broad SMARTS) is 1. The molecule has 0 unspecified atom stereocenters. The van der Waals surface area contributed by atoms with Crippen LogP contribution >= 0.6 is 0 Å². The predicted octanol–water partition coefficient (Wildman–Crippen LogP) is 1.45. The molecule has 7 nitrogen and oxygen atoms in total. The van der Waals surface area contributed by atoms with Gasteiger partial charge in [-0.15, -0.1) is 0 Å². The van der Waals surface area contributed by atoms with Crippen LogP contribution in [-0.4, -0.2) is 44.9 Å². The Labute approximate surface area is 142 Å². The number of aromatic nitrogens is 2. The number of carboxylic acids is 1. The second-order valence-corrected chi connectivity index (χ2v) is 6.78. The molecule has 0 spiro atoms. The number of pyridine rings is 2. The highest BCUT2D eigenvalue weighted by Crippen LogP contribution is 2.38. The molecule has 132 valence electrons. The van der Waals surface area contributed by atoms with Crippen LogP contribution in [0.5, 0.6) is 0 Å². The van der Waals surface area contributed by atoms with Gasteiger partial charge in [0.15, 0.2) is 11.6 Å². The van der Waals surface area contributed by atoms with Gasteiger partial charge in [0.05, 0.1) is 11.5 Å². The zero-order valence-corrected chi connectivity index (χ0v) is 13.7. The minimum atomic E-state index is -1.33. The molecule has 1 aliphatic carbocycles. The number of fused-ring (bicyclic) bond motifs is 1. The van der Waals surface area contributed by atoms with Crippen LogP contribution < -0.4 is 10.3 Å². The van der Waals surface area contributed by atoms with Crippen molar-refractivity contribution in [3.05, 3.63) is 33.4 Å². The molecular weight excluding hydrogens is 329 g/mol. The highest BCUT2D eigenvalue weighted by Gasteiger charge is 2.31. The summed E-state index contributed by atoms with van der Waals surface area (Å²) in [5, 5.41) is 19.0. The number of aliphatic hydroxyl groups is 1. The highest BCUT2D eigenvalue weighted by atomic mass is 19.1. The van der Waals surface area contributed by atoms with E-state index >= 15 is 0 Å². The van der Waals surface area contributed by atoms with Crippen LogP contribution in [0.3, 0.4) is 0 Å². The first kappa shape index (κ1) is 16.0. The van der Waals surface area contributed by atoms with Gasteiger partial charge in [-0.3, -0.25) is 4.79 Å². The Bertz CT molecular complexity index is 951. The van der Waals surface area contributed by atoms with Crippen molar-refractivity contribution in [2.75, 3.05) is 18.0 Å². The quantitative estimate of drug-likeness (QED) is 0.872. The van der Waals surface area contributed by atoms with E-state index in [-0.39, 0.29) is 34.9 Å². The molecule has 2 N–H and O–H groups in total. The number of hydrogen-bond donors (Lipinski definition) is 2. The third kappa shape index (κ3) is 2.48. The molecule has 0 aromatic carbocycles. The second-order valence-electron chi connectivity index (χ2n) is 6.78. The summed E-state index contributed by atoms with van der Waals surface area (Å²) < 4.78 is 16.6. The van der Waals surface area contributed by atoms with Gasteiger partial charge in [-0.05, 0) is 26.2 Å². The molecule has 1 aliphatic heterocycles. The number of nitrogens with zero attached hydrogens (tertiary/aromatic N) is 3. The van der Waals surface area contributed by atoms with Gasteiger partial charge < -0.3 is 19.7 Å². The van der Waals surface area contributed by atoms with Gasteiger partial charge in [0.1, 0.15) is 11.2 Å². The molecule has 2 fully saturated rings. The van der Waals surface area contributed by atoms with Crippen molar-refractivity contribution >= 4 is 22.8 Å². The number of halogens is 1. The van der Waals surface area contributed by atoms with E-state index in [1.807, 2.05) is 0 Å². The third-order valence-electron chi connectivity index (χ3n) is 4.95. The molecule has 2 aromatic rings. The van der Waals surface area contributed by atoms with Crippen molar-refractivity contribution in [3.8, 4) is 0 Å². The number of β-amino-alcohol motifs (C(OH)–C–C–N with tert-alkyl or cyclic N) is 1. The van der Waals surface area contributed by atoms with Gasteiger partial charge in [-0.2, -0.15) is 0 Å². The average molecular weight is 347 g/mol. The van der Waals surface area contributed by atoms with E-state index in [4.69, 9.17) is 0 Å². The van der Waals surface area contributed by atoms with E-state index in [1.54, 1.807) is 9.47 Å². The zero-order chi connectivity index (χ0) is 17.9. The van der Waals surface area contributed by atoms with Crippen LogP contribution in [0.1, 0.15) is 41.2 Å². The first-order valence-corrected chi connectivity index (χ1v) is 8.29. The Morgan fingerprint density at radius 2 is 2.08 bits per heavy atom. The molecule has 2 aromatic heterocycles. The Balaban J connectivity index is 2.02. The number of aromatic carboxylic acids is 1. The first-order chi connectivity index (χ1) is 11.9. The molecule has 2 aliphatic rings. The lowest BCUT2D eigenvalue weighted by Gasteiger charge is -2.21. The molecule has 0 bridgehead atoms. The molecule has 1 atom stereocenters. The Hall–Kier alpha value is -2.48. The van der Waals surface area contributed by atoms with E-state index < -0.39 is 23.3 Å². The van der Waals surface area contributed by atoms with Crippen molar-refractivity contribution in [1.82, 2.24) is 9.55 Å². The topological polar surface area (TPSA) is 95.7 Å². The van der Waals surface area contributed by atoms with Gasteiger partial charge in [0, 0.05) is 30.9 Å². The maximum Gasteiger partial charge on any atom is 0.341 e. The van der Waals surface area contributed by atoms with Gasteiger partial charge in [-0.1, -0.05) is 0 Å². The first-order valence-electron chi connectivity index (χ1n) is 8.29. The Morgan fingerprint density at radius 1 is 1.36 bits per heavy atom. The summed E-state index contributed by atoms with van der Waals surface area (Å²) >= 11 is 0. The lowest BCUT2D eigenvalue weighted by atomic mass is 10.1. The maximum absolute atomic E-state index is 14.9. The van der Waals surface area contributed by atoms with Gasteiger partial charge in [0.25, 0.3) is 0 Å². The molecule has 1 saturated carbocycles. The summed E-state index contributed by atoms with van der Waals surface area (Å²) in [6.45, 7) is 2.24. The molecule has 25 heavy (non-hydrogen) atoms. The van der Waals surface area contributed by atoms with Crippen molar-refractivity contribution in [3.63, 3.8) is 0 Å². The summed E-state index contributed by atoms with van der Waals surface area (Å²) in [7, 11) is 0. The van der Waals surface area contributed by atoms with Gasteiger partial charge in [-0.25, -0.2) is 14.2 Å². The lowest BCUT2D eigenvalue weighted by molar-refractivity contribution is 0.0695. The number of aliphatic hydroxyl groups excluding tert-OH is 1. The molecule has 1 saturated heterocycles. The summed E-state index contributed by atoms with van der Waals surface area (Å²) in [6, 6.07) is 0.0792. The number of hydrogen-bond acceptors (Lipinski definition) is 5. The van der Waals surface area contributed by atoms with Crippen LogP contribution in [0, 0.1) is 12.7 Å². The monoisotopic (exact) mass is 347 g/mol. The summed E-state index contributed by atoms with van der Waals surface area (Å²) in [5.41, 5.74) is -0.666. The fourth-order valence-electron chi connectivity index (χ4n) is 3.43. The normalized spacial score (nSPS) is 20.4. The molecule has 8 heteroatoms. The fourth-order valence-corrected chi connectivity index (χ4v) is 3.43. The van der Waals surface area contributed by atoms with Crippen molar-refractivity contribution in [2.24, 2.45) is 0 Å². The number of anilines is 1. The van der Waals surface area contributed by atoms with Crippen LogP contribution in [-0.2, 0) is 0 Å². The largest absolute Gasteiger partial charge is 0.477 e. The fraction of sp³-hybridized carbons (Fsp3) is 0.471. The van der Waals surface area contributed by atoms with Crippen LogP contribution in [0.4, 0.5) is 10.2 Å². The van der Waals surface area contributed by atoms with Crippen LogP contribution in [0.25, 0.3) is 11.0 Å². The summed E-state index contributed by atoms with van der Waals surface area (Å²) in [5.74, 6) is -1.85. The molecule has 0 amide bonds. The number of carbonyl (C=O) groups is 1. The lowest BCUT2D eigenvalue weighted by Crippen LogP contribution is -2.26. The Kier molecular flexibility index (Phi) is 3.54. The van der Waals surface area contributed by atoms with Crippen LogP contribution in [0.2, 0.25) is 0 Å². The van der Waals surface area contributed by atoms with Crippen molar-refractivity contribution in [2.45, 2.75) is 38.3 Å². The third-order valence-corrected chi connectivity index (χ3v) is 4.95. The van der Waals surface area contributed by atoms with Crippen molar-refractivity contribution in [1.29, 1.82) is 0 Å². The van der Waals surface area contributed by atoms with Crippen molar-refractivity contribution < 1.29 is 19.4 Å². The second kappa shape index (κ2) is 5.52. The minimum absolute atomic E-state index is 0.0211. The predicted molar refractivity (Wildman–Crippen MR) is 88.8 cm³/mol. The molecule has 0 radical (unpaired) electrons.